The number of para-hydroxylation sites is 7. The monoisotopic (exact) mass is 1750 g/mol. The number of halogens is 7. The molecule has 0 spiro atoms. The van der Waals surface area contributed by atoms with Crippen molar-refractivity contribution in [3.63, 3.8) is 0 Å². The number of nitrogens with zero attached hydrogens (tertiary/aromatic N) is 6. The van der Waals surface area contributed by atoms with Gasteiger partial charge in [0.05, 0.1) is 72.8 Å². The minimum absolute atomic E-state index is 0. The highest BCUT2D eigenvalue weighted by Crippen LogP contribution is 2.39. The zero-order valence-electron chi connectivity index (χ0n) is 72.1. The summed E-state index contributed by atoms with van der Waals surface area (Å²) < 4.78 is 83.9. The summed E-state index contributed by atoms with van der Waals surface area (Å²) in [7, 11) is 0. The molecule has 0 bridgehead atoms. The molecule has 0 saturated heterocycles. The lowest BCUT2D eigenvalue weighted by Crippen LogP contribution is -1.98. The molecule has 0 saturated carbocycles. The van der Waals surface area contributed by atoms with Gasteiger partial charge < -0.3 is 29.9 Å². The standard InChI is InChI=1S/C21H16F2N2O.C18H12F2N2.2C18H13FN2.2C18H14N2.ClH/c1-3-19(26)13-5-4-6-17-12(13)7-8-18(25-17)15-10-24-21-14(15)9-16(22)11(2)20(21)23;1-10-14(19)8-12-13(9-21-18(12)17(10)20)16-7-6-11-4-2-3-5-15(11)22-16;1-11-4-2-6-13-14(10-20-17(11)13)16-9-8-12-5-3-7-15(19)18(12)21-16;1-11-8-13(19)9-14-15(10-20-18(11)14)17-7-6-12-4-2-3-5-16(12)21-17;1-12-5-4-7-14-15(11-19-18(12)14)17-10-9-13-6-2-3-8-16(13)20-17;1-12-6-8-14-15(11-19-18(14)10-12)17-9-7-13-4-2-3-5-16(13)20-17;/h4-10,24H,3H2,1-2H3;2-9,21H,1H3;2*2-10,20H,1H3;2*2-11,19H,1H3;1H. The molecule has 642 valence electrons. The molecule has 12 aromatic carbocycles. The highest BCUT2D eigenvalue weighted by Gasteiger charge is 2.22. The second-order valence-electron chi connectivity index (χ2n) is 32.3. The first-order chi connectivity index (χ1) is 63.2. The van der Waals surface area contributed by atoms with Crippen molar-refractivity contribution in [2.24, 2.45) is 0 Å². The Labute approximate surface area is 753 Å². The molecule has 0 atom stereocenters. The van der Waals surface area contributed by atoms with Gasteiger partial charge in [-0.25, -0.2) is 56.2 Å². The molecule has 0 fully saturated rings. The van der Waals surface area contributed by atoms with Gasteiger partial charge in [0.15, 0.2) is 17.4 Å². The van der Waals surface area contributed by atoms with Crippen molar-refractivity contribution >= 4 is 149 Å². The minimum atomic E-state index is -0.595. The number of aromatic nitrogens is 12. The molecule has 131 heavy (non-hydrogen) atoms. The third-order valence-electron chi connectivity index (χ3n) is 23.9. The number of pyridine rings is 6. The van der Waals surface area contributed by atoms with E-state index in [0.717, 1.165) is 122 Å². The van der Waals surface area contributed by atoms with Gasteiger partial charge in [0.25, 0.3) is 0 Å². The highest BCUT2D eigenvalue weighted by molar-refractivity contribution is 6.09. The van der Waals surface area contributed by atoms with E-state index in [1.54, 1.807) is 42.7 Å². The fourth-order valence-corrected chi connectivity index (χ4v) is 16.9. The van der Waals surface area contributed by atoms with E-state index in [1.807, 2.05) is 166 Å². The first kappa shape index (κ1) is 85.7. The number of Topliss-reactive ketones (excluding diaryl/α,β-unsaturated/α-hetero) is 1. The van der Waals surface area contributed by atoms with Crippen molar-refractivity contribution < 1.29 is 31.1 Å². The highest BCUT2D eigenvalue weighted by atomic mass is 35.5. The first-order valence-electron chi connectivity index (χ1n) is 42.6. The lowest BCUT2D eigenvalue weighted by atomic mass is 10.0. The average molecular weight is 1750 g/mol. The maximum absolute atomic E-state index is 14.3. The Balaban J connectivity index is 0.000000106. The van der Waals surface area contributed by atoms with E-state index in [0.29, 0.717) is 61.8 Å². The molecule has 24 rings (SSSR count). The van der Waals surface area contributed by atoms with Crippen LogP contribution in [0.4, 0.5) is 26.3 Å². The Morgan fingerprint density at radius 2 is 0.634 bits per heavy atom. The van der Waals surface area contributed by atoms with Crippen molar-refractivity contribution in [2.45, 2.75) is 54.9 Å². The van der Waals surface area contributed by atoms with Crippen molar-refractivity contribution in [2.75, 3.05) is 0 Å². The number of benzene rings is 12. The predicted molar refractivity (Wildman–Crippen MR) is 524 cm³/mol. The Morgan fingerprint density at radius 3 is 1.10 bits per heavy atom. The maximum Gasteiger partial charge on any atom is 0.163 e. The second-order valence-corrected chi connectivity index (χ2v) is 32.3. The number of H-pyrrole nitrogens is 6. The van der Waals surface area contributed by atoms with Crippen molar-refractivity contribution in [3.8, 4) is 67.5 Å². The third kappa shape index (κ3) is 16.8. The van der Waals surface area contributed by atoms with E-state index in [1.165, 1.54) is 81.9 Å². The number of nitrogens with one attached hydrogen (secondary N) is 6. The van der Waals surface area contributed by atoms with Gasteiger partial charge in [-0.1, -0.05) is 183 Å². The van der Waals surface area contributed by atoms with Gasteiger partial charge in [0.1, 0.15) is 28.8 Å². The van der Waals surface area contributed by atoms with Crippen LogP contribution in [0.5, 0.6) is 0 Å². The topological polar surface area (TPSA) is 189 Å². The molecule has 0 aliphatic rings. The van der Waals surface area contributed by atoms with Crippen LogP contribution in [0, 0.1) is 76.4 Å². The normalized spacial score (nSPS) is 11.2. The van der Waals surface area contributed by atoms with E-state index < -0.39 is 23.3 Å². The molecule has 0 amide bonds. The van der Waals surface area contributed by atoms with Gasteiger partial charge in [-0.3, -0.25) is 4.79 Å². The number of aryl methyl sites for hydroxylation is 4. The van der Waals surface area contributed by atoms with Crippen LogP contribution in [-0.2, 0) is 0 Å². The molecular formula is C111H83ClF6N12O. The van der Waals surface area contributed by atoms with E-state index in [9.17, 15) is 31.1 Å². The van der Waals surface area contributed by atoms with Crippen LogP contribution in [0.1, 0.15) is 57.1 Å². The summed E-state index contributed by atoms with van der Waals surface area (Å²) in [5.74, 6) is -2.74. The zero-order chi connectivity index (χ0) is 89.5. The number of aromatic amines is 6. The van der Waals surface area contributed by atoms with Gasteiger partial charge in [-0.05, 0) is 173 Å². The molecule has 24 aromatic rings. The summed E-state index contributed by atoms with van der Waals surface area (Å²) in [5.41, 5.74) is 25.7. The SMILES string of the molecule is CCC(=O)c1cccc2nc(-c3c[nH]c4c(F)c(C)c(F)cc34)ccc12.Cc1c(F)cc2c(-c3ccc4ccccc4n3)c[nH]c2c1F.Cc1cc(F)cc2c(-c3ccc4ccccc4n3)c[nH]c12.Cc1ccc2c(-c3ccc4ccccc4n3)c[nH]c2c1.Cc1cccc2c(-c3ccc4cccc(F)c4n3)c[nH]c12.Cc1cccc2c(-c3ccc4ccccc4n3)c[nH]c12.Cl. The van der Waals surface area contributed by atoms with Gasteiger partial charge in [-0.15, -0.1) is 12.4 Å². The van der Waals surface area contributed by atoms with Crippen LogP contribution < -0.4 is 0 Å². The molecule has 6 N–H and O–H groups in total. The number of carbonyl (C=O) groups is 1. The molecule has 12 aromatic heterocycles. The number of rotatable bonds is 8. The summed E-state index contributed by atoms with van der Waals surface area (Å²) in [6.45, 7) is 12.9. The second kappa shape index (κ2) is 36.3. The molecule has 0 unspecified atom stereocenters. The largest absolute Gasteiger partial charge is 0.360 e. The van der Waals surface area contributed by atoms with Gasteiger partial charge >= 0.3 is 0 Å². The smallest absolute Gasteiger partial charge is 0.163 e. The first-order valence-corrected chi connectivity index (χ1v) is 42.6. The number of hydrogen-bond acceptors (Lipinski definition) is 7. The number of carbonyl (C=O) groups excluding carboxylic acids is 1. The van der Waals surface area contributed by atoms with Gasteiger partial charge in [0.2, 0.25) is 0 Å². The lowest BCUT2D eigenvalue weighted by molar-refractivity contribution is 0.0989. The maximum atomic E-state index is 14.3. The lowest BCUT2D eigenvalue weighted by Gasteiger charge is -2.07. The van der Waals surface area contributed by atoms with Crippen LogP contribution >= 0.6 is 12.4 Å². The van der Waals surface area contributed by atoms with Gasteiger partial charge in [-0.2, -0.15) is 0 Å². The van der Waals surface area contributed by atoms with Gasteiger partial charge in [0, 0.05) is 180 Å². The van der Waals surface area contributed by atoms with Crippen molar-refractivity contribution in [1.29, 1.82) is 0 Å². The summed E-state index contributed by atoms with van der Waals surface area (Å²) in [4.78, 5) is 59.0. The number of ketones is 1. The quantitative estimate of drug-likeness (QED) is 0.0645. The number of hydrogen-bond donors (Lipinski definition) is 6. The van der Waals surface area contributed by atoms with E-state index in [4.69, 9.17) is 9.97 Å². The molecule has 0 aliphatic carbocycles. The van der Waals surface area contributed by atoms with Crippen LogP contribution in [0.25, 0.3) is 198 Å². The Bertz CT molecular complexity index is 8540. The average Bonchev–Trinajstić information content (AvgIpc) is 1.66. The summed E-state index contributed by atoms with van der Waals surface area (Å²) in [6, 6.07) is 91.1. The van der Waals surface area contributed by atoms with Crippen LogP contribution in [-0.4, -0.2) is 65.6 Å². The number of fused-ring (bicyclic) bond motifs is 12. The molecule has 20 heteroatoms. The van der Waals surface area contributed by atoms with E-state index in [-0.39, 0.29) is 46.5 Å². The van der Waals surface area contributed by atoms with Crippen LogP contribution in [0.15, 0.2) is 322 Å². The minimum Gasteiger partial charge on any atom is -0.360 e. The Kier molecular flexibility index (Phi) is 23.7. The van der Waals surface area contributed by atoms with Crippen molar-refractivity contribution in [3.05, 3.63) is 396 Å². The summed E-state index contributed by atoms with van der Waals surface area (Å²) >= 11 is 0. The molecule has 12 heterocycles. The van der Waals surface area contributed by atoms with Crippen molar-refractivity contribution in [1.82, 2.24) is 59.8 Å². The van der Waals surface area contributed by atoms with Crippen LogP contribution in [0.3, 0.4) is 0 Å². The zero-order valence-corrected chi connectivity index (χ0v) is 72.9. The fraction of sp³-hybridized carbons (Fsp3) is 0.0721. The molecule has 0 radical (unpaired) electrons. The van der Waals surface area contributed by atoms with Crippen LogP contribution in [0.2, 0.25) is 0 Å². The summed E-state index contributed by atoms with van der Waals surface area (Å²) in [5, 5.41) is 11.4. The Hall–Kier alpha value is -16.1. The molecule has 0 aliphatic heterocycles. The van der Waals surface area contributed by atoms with E-state index in [2.05, 4.69) is 174 Å². The third-order valence-corrected chi connectivity index (χ3v) is 23.9. The molecular weight excluding hydrogens is 1670 g/mol. The van der Waals surface area contributed by atoms with E-state index >= 15 is 0 Å². The predicted octanol–water partition coefficient (Wildman–Crippen LogP) is 30.0. The fourth-order valence-electron chi connectivity index (χ4n) is 16.9. The Morgan fingerprint density at radius 1 is 0.282 bits per heavy atom. The summed E-state index contributed by atoms with van der Waals surface area (Å²) in [6.07, 6.45) is 11.6. The molecule has 13 nitrogen and oxygen atoms in total.